The fourth-order valence-electron chi connectivity index (χ4n) is 3.61. The van der Waals surface area contributed by atoms with Crippen LogP contribution in [0, 0.1) is 11.8 Å². The number of esters is 1. The summed E-state index contributed by atoms with van der Waals surface area (Å²) < 4.78 is 5.25. The monoisotopic (exact) mass is 332 g/mol. The van der Waals surface area contributed by atoms with Crippen molar-refractivity contribution in [3.8, 4) is 0 Å². The van der Waals surface area contributed by atoms with Crippen molar-refractivity contribution in [3.05, 3.63) is 35.9 Å². The number of ether oxygens (including phenoxy) is 1. The Balaban J connectivity index is 0.000000175. The van der Waals surface area contributed by atoms with E-state index in [2.05, 4.69) is 31.2 Å². The first kappa shape index (κ1) is 19.0. The minimum Gasteiger partial charge on any atom is -0.462 e. The predicted molar refractivity (Wildman–Crippen MR) is 96.7 cm³/mol. The number of hydrogen-bond acceptors (Lipinski definition) is 3. The Kier molecular flexibility index (Phi) is 8.31. The van der Waals surface area contributed by atoms with Crippen LogP contribution in [0.5, 0.6) is 0 Å². The van der Waals surface area contributed by atoms with Gasteiger partial charge in [-0.25, -0.2) is 0 Å². The van der Waals surface area contributed by atoms with Gasteiger partial charge in [0.25, 0.3) is 0 Å². The molecule has 0 spiro atoms. The molecule has 1 aliphatic heterocycles. The van der Waals surface area contributed by atoms with Gasteiger partial charge in [-0.3, -0.25) is 4.79 Å². The molecule has 3 unspecified atom stereocenters. The predicted octanol–water partition coefficient (Wildman–Crippen LogP) is 4.52. The molecule has 0 bridgehead atoms. The average molecular weight is 332 g/mol. The van der Waals surface area contributed by atoms with E-state index in [1.54, 1.807) is 0 Å². The molecule has 2 aliphatic rings. The van der Waals surface area contributed by atoms with Gasteiger partial charge in [-0.1, -0.05) is 43.7 Å². The van der Waals surface area contributed by atoms with Crippen LogP contribution in [0.15, 0.2) is 30.3 Å². The van der Waals surface area contributed by atoms with Gasteiger partial charge >= 0.3 is 5.97 Å². The molecule has 1 saturated carbocycles. The molecular weight excluding hydrogens is 300 g/mol. The highest BCUT2D eigenvalue weighted by Crippen LogP contribution is 2.33. The van der Waals surface area contributed by atoms with Crippen molar-refractivity contribution in [2.75, 3.05) is 6.61 Å². The normalized spacial score (nSPS) is 24.2. The van der Waals surface area contributed by atoms with Crippen LogP contribution in [0.25, 0.3) is 0 Å². The molecule has 3 heteroatoms. The Morgan fingerprint density at radius 1 is 1.12 bits per heavy atom. The lowest BCUT2D eigenvalue weighted by Crippen LogP contribution is -2.34. The van der Waals surface area contributed by atoms with Gasteiger partial charge in [0, 0.05) is 13.0 Å². The third-order valence-electron chi connectivity index (χ3n) is 5.23. The lowest BCUT2D eigenvalue weighted by molar-refractivity contribution is -0.160. The molecule has 1 aliphatic carbocycles. The third-order valence-corrected chi connectivity index (χ3v) is 5.23. The quantitative estimate of drug-likeness (QED) is 0.806. The molecule has 2 fully saturated rings. The van der Waals surface area contributed by atoms with E-state index in [9.17, 15) is 4.79 Å². The minimum absolute atomic E-state index is 0.0214. The Bertz CT molecular complexity index is 471. The van der Waals surface area contributed by atoms with Gasteiger partial charge in [0.05, 0.1) is 0 Å². The second kappa shape index (κ2) is 10.5. The highest BCUT2D eigenvalue weighted by molar-refractivity contribution is 5.70. The van der Waals surface area contributed by atoms with Crippen molar-refractivity contribution >= 4 is 5.97 Å². The third kappa shape index (κ3) is 6.64. The van der Waals surface area contributed by atoms with Crippen molar-refractivity contribution in [1.29, 1.82) is 0 Å². The number of aryl methyl sites for hydroxylation is 1. The second-order valence-corrected chi connectivity index (χ2v) is 7.25. The number of hydrogen-bond donors (Lipinski definition) is 1. The number of benzene rings is 1. The lowest BCUT2D eigenvalue weighted by Gasteiger charge is -2.34. The maximum Gasteiger partial charge on any atom is 0.306 e. The summed E-state index contributed by atoms with van der Waals surface area (Å²) in [5.41, 5.74) is 1.40. The Morgan fingerprint density at radius 3 is 2.62 bits per heavy atom. The minimum atomic E-state index is 0.0214. The number of carbonyl (C=O) groups is 1. The number of fused-ring (bicyclic) bond motifs is 1. The van der Waals surface area contributed by atoms with Gasteiger partial charge in [-0.15, -0.1) is 0 Å². The SMILES string of the molecule is CC(CCO)CCc1ccccc1.O=C1CCC2CCCCC2O1. The first-order valence-electron chi connectivity index (χ1n) is 9.53. The Hall–Kier alpha value is -1.35. The van der Waals surface area contributed by atoms with Crippen molar-refractivity contribution < 1.29 is 14.6 Å². The molecule has 3 atom stereocenters. The van der Waals surface area contributed by atoms with E-state index in [1.165, 1.54) is 31.2 Å². The first-order chi connectivity index (χ1) is 11.7. The topological polar surface area (TPSA) is 46.5 Å². The van der Waals surface area contributed by atoms with Crippen LogP contribution in [0.3, 0.4) is 0 Å². The van der Waals surface area contributed by atoms with E-state index in [1.807, 2.05) is 6.07 Å². The molecule has 0 aromatic heterocycles. The average Bonchev–Trinajstić information content (AvgIpc) is 2.61. The lowest BCUT2D eigenvalue weighted by atomic mass is 9.82. The zero-order chi connectivity index (χ0) is 17.2. The molecule has 1 heterocycles. The van der Waals surface area contributed by atoms with E-state index < -0.39 is 0 Å². The van der Waals surface area contributed by atoms with Crippen LogP contribution in [0.2, 0.25) is 0 Å². The van der Waals surface area contributed by atoms with Crippen molar-refractivity contribution in [2.24, 2.45) is 11.8 Å². The summed E-state index contributed by atoms with van der Waals surface area (Å²) >= 11 is 0. The first-order valence-corrected chi connectivity index (χ1v) is 9.53. The van der Waals surface area contributed by atoms with E-state index in [-0.39, 0.29) is 12.1 Å². The number of aliphatic hydroxyl groups excluding tert-OH is 1. The smallest absolute Gasteiger partial charge is 0.306 e. The summed E-state index contributed by atoms with van der Waals surface area (Å²) in [6.45, 7) is 2.51. The molecule has 24 heavy (non-hydrogen) atoms. The van der Waals surface area contributed by atoms with Crippen LogP contribution in [0.4, 0.5) is 0 Å². The fourth-order valence-corrected chi connectivity index (χ4v) is 3.61. The summed E-state index contributed by atoms with van der Waals surface area (Å²) in [5, 5.41) is 8.73. The van der Waals surface area contributed by atoms with Crippen molar-refractivity contribution in [1.82, 2.24) is 0 Å². The van der Waals surface area contributed by atoms with E-state index in [4.69, 9.17) is 9.84 Å². The molecule has 1 saturated heterocycles. The van der Waals surface area contributed by atoms with Crippen LogP contribution in [-0.2, 0) is 16.0 Å². The van der Waals surface area contributed by atoms with Gasteiger partial charge in [0.1, 0.15) is 6.10 Å². The molecule has 1 aromatic rings. The maximum atomic E-state index is 10.9. The number of carbonyl (C=O) groups excluding carboxylic acids is 1. The highest BCUT2D eigenvalue weighted by atomic mass is 16.5. The summed E-state index contributed by atoms with van der Waals surface area (Å²) in [6.07, 6.45) is 10.2. The van der Waals surface area contributed by atoms with Crippen molar-refractivity contribution in [3.63, 3.8) is 0 Å². The molecule has 0 radical (unpaired) electrons. The zero-order valence-corrected chi connectivity index (χ0v) is 15.0. The summed E-state index contributed by atoms with van der Waals surface area (Å²) in [7, 11) is 0. The van der Waals surface area contributed by atoms with E-state index in [0.29, 0.717) is 24.9 Å². The van der Waals surface area contributed by atoms with Gasteiger partial charge in [-0.2, -0.15) is 0 Å². The largest absolute Gasteiger partial charge is 0.462 e. The van der Waals surface area contributed by atoms with Gasteiger partial charge < -0.3 is 9.84 Å². The molecule has 1 N–H and O–H groups in total. The number of aliphatic hydroxyl groups is 1. The zero-order valence-electron chi connectivity index (χ0n) is 15.0. The van der Waals surface area contributed by atoms with E-state index >= 15 is 0 Å². The van der Waals surface area contributed by atoms with Crippen LogP contribution in [0.1, 0.15) is 63.9 Å². The summed E-state index contributed by atoms with van der Waals surface area (Å²) in [4.78, 5) is 10.9. The van der Waals surface area contributed by atoms with Gasteiger partial charge in [0.2, 0.25) is 0 Å². The number of rotatable bonds is 5. The van der Waals surface area contributed by atoms with Crippen LogP contribution < -0.4 is 0 Å². The van der Waals surface area contributed by atoms with E-state index in [0.717, 1.165) is 25.7 Å². The molecule has 3 rings (SSSR count). The standard InChI is InChI=1S/C12H18O.C9H14O2/c1-11(9-10-13)7-8-12-5-3-2-4-6-12;10-9-6-5-7-3-1-2-4-8(7)11-9/h2-6,11,13H,7-10H2,1H3;7-8H,1-6H2. The molecule has 0 amide bonds. The van der Waals surface area contributed by atoms with Crippen LogP contribution in [-0.4, -0.2) is 23.8 Å². The Morgan fingerprint density at radius 2 is 1.88 bits per heavy atom. The molecule has 3 nitrogen and oxygen atoms in total. The summed E-state index contributed by atoms with van der Waals surface area (Å²) in [5.74, 6) is 1.35. The fraction of sp³-hybridized carbons (Fsp3) is 0.667. The van der Waals surface area contributed by atoms with Gasteiger partial charge in [0.15, 0.2) is 0 Å². The molecule has 134 valence electrons. The molecular formula is C21H32O3. The summed E-state index contributed by atoms with van der Waals surface area (Å²) in [6, 6.07) is 10.5. The highest BCUT2D eigenvalue weighted by Gasteiger charge is 2.32. The maximum absolute atomic E-state index is 10.9. The second-order valence-electron chi connectivity index (χ2n) is 7.25. The van der Waals surface area contributed by atoms with Crippen LogP contribution >= 0.6 is 0 Å². The Labute approximate surface area is 146 Å². The van der Waals surface area contributed by atoms with Gasteiger partial charge in [-0.05, 0) is 62.3 Å². The van der Waals surface area contributed by atoms with Crippen molar-refractivity contribution in [2.45, 2.75) is 70.8 Å². The molecule has 1 aromatic carbocycles.